The van der Waals surface area contributed by atoms with Crippen molar-refractivity contribution in [1.82, 2.24) is 9.55 Å². The van der Waals surface area contributed by atoms with Crippen molar-refractivity contribution in [1.29, 1.82) is 0 Å². The quantitative estimate of drug-likeness (QED) is 0.842. The van der Waals surface area contributed by atoms with Gasteiger partial charge in [0.25, 0.3) is 5.56 Å². The fraction of sp³-hybridized carbons (Fsp3) is 0.167. The van der Waals surface area contributed by atoms with Crippen molar-refractivity contribution in [3.05, 3.63) is 51.2 Å². The topological polar surface area (TPSA) is 76.1 Å². The lowest BCUT2D eigenvalue weighted by Crippen LogP contribution is -2.29. The summed E-state index contributed by atoms with van der Waals surface area (Å²) in [6.07, 6.45) is 0. The minimum absolute atomic E-state index is 0.425. The molecule has 2 rings (SSSR count). The fourth-order valence-corrected chi connectivity index (χ4v) is 1.50. The molecule has 18 heavy (non-hydrogen) atoms. The van der Waals surface area contributed by atoms with Crippen molar-refractivity contribution < 1.29 is 4.74 Å². The molecule has 1 aromatic carbocycles. The van der Waals surface area contributed by atoms with Gasteiger partial charge in [-0.1, -0.05) is 0 Å². The van der Waals surface area contributed by atoms with Gasteiger partial charge in [-0.2, -0.15) is 0 Å². The van der Waals surface area contributed by atoms with Gasteiger partial charge in [-0.3, -0.25) is 14.3 Å². The highest BCUT2D eigenvalue weighted by atomic mass is 16.5. The van der Waals surface area contributed by atoms with Crippen LogP contribution in [0.4, 0.5) is 11.5 Å². The van der Waals surface area contributed by atoms with Crippen LogP contribution >= 0.6 is 0 Å². The van der Waals surface area contributed by atoms with E-state index >= 15 is 0 Å². The zero-order valence-electron chi connectivity index (χ0n) is 10.1. The number of rotatable bonds is 3. The smallest absolute Gasteiger partial charge is 0.329 e. The van der Waals surface area contributed by atoms with Gasteiger partial charge >= 0.3 is 5.69 Å². The van der Waals surface area contributed by atoms with E-state index in [1.54, 1.807) is 38.4 Å². The van der Waals surface area contributed by atoms with Crippen molar-refractivity contribution in [2.24, 2.45) is 7.05 Å². The van der Waals surface area contributed by atoms with Crippen molar-refractivity contribution in [3.63, 3.8) is 0 Å². The van der Waals surface area contributed by atoms with Crippen LogP contribution in [-0.2, 0) is 7.05 Å². The van der Waals surface area contributed by atoms with E-state index in [1.807, 2.05) is 0 Å². The van der Waals surface area contributed by atoms with E-state index in [2.05, 4.69) is 10.3 Å². The molecule has 0 bridgehead atoms. The van der Waals surface area contributed by atoms with Crippen LogP contribution in [0.15, 0.2) is 39.9 Å². The second-order valence-electron chi connectivity index (χ2n) is 3.74. The third-order valence-electron chi connectivity index (χ3n) is 2.53. The number of nitrogens with zero attached hydrogens (tertiary/aromatic N) is 1. The van der Waals surface area contributed by atoms with Crippen LogP contribution in [0.5, 0.6) is 5.75 Å². The summed E-state index contributed by atoms with van der Waals surface area (Å²) < 4.78 is 6.37. The zero-order chi connectivity index (χ0) is 13.1. The number of anilines is 2. The van der Waals surface area contributed by atoms with Crippen LogP contribution in [-0.4, -0.2) is 16.7 Å². The Balaban J connectivity index is 2.33. The van der Waals surface area contributed by atoms with Crippen molar-refractivity contribution in [3.8, 4) is 5.75 Å². The zero-order valence-corrected chi connectivity index (χ0v) is 10.1. The number of benzene rings is 1. The second-order valence-corrected chi connectivity index (χ2v) is 3.74. The van der Waals surface area contributed by atoms with Gasteiger partial charge in [0, 0.05) is 18.8 Å². The van der Waals surface area contributed by atoms with E-state index < -0.39 is 11.2 Å². The number of hydrogen-bond donors (Lipinski definition) is 2. The van der Waals surface area contributed by atoms with E-state index in [4.69, 9.17) is 4.74 Å². The summed E-state index contributed by atoms with van der Waals surface area (Å²) in [4.78, 5) is 24.8. The maximum atomic E-state index is 11.4. The maximum Gasteiger partial charge on any atom is 0.329 e. The molecule has 0 radical (unpaired) electrons. The summed E-state index contributed by atoms with van der Waals surface area (Å²) in [5.74, 6) is 1.16. The van der Waals surface area contributed by atoms with Crippen LogP contribution in [0.25, 0.3) is 0 Å². The van der Waals surface area contributed by atoms with Gasteiger partial charge in [-0.25, -0.2) is 4.79 Å². The molecule has 2 N–H and O–H groups in total. The highest BCUT2D eigenvalue weighted by molar-refractivity contribution is 5.57. The molecule has 0 spiro atoms. The minimum Gasteiger partial charge on any atom is -0.497 e. The van der Waals surface area contributed by atoms with Gasteiger partial charge < -0.3 is 10.1 Å². The number of aromatic amines is 1. The summed E-state index contributed by atoms with van der Waals surface area (Å²) in [5.41, 5.74) is -0.135. The molecule has 1 heterocycles. The van der Waals surface area contributed by atoms with Crippen molar-refractivity contribution >= 4 is 11.5 Å². The van der Waals surface area contributed by atoms with E-state index in [0.29, 0.717) is 5.82 Å². The van der Waals surface area contributed by atoms with E-state index in [0.717, 1.165) is 11.4 Å². The molecule has 6 heteroatoms. The average Bonchev–Trinajstić information content (AvgIpc) is 2.36. The van der Waals surface area contributed by atoms with Crippen LogP contribution in [0, 0.1) is 0 Å². The molecule has 6 nitrogen and oxygen atoms in total. The van der Waals surface area contributed by atoms with Gasteiger partial charge in [-0.15, -0.1) is 0 Å². The lowest BCUT2D eigenvalue weighted by atomic mass is 10.3. The predicted octanol–water partition coefficient (Wildman–Crippen LogP) is 0.826. The lowest BCUT2D eigenvalue weighted by Gasteiger charge is -2.10. The summed E-state index contributed by atoms with van der Waals surface area (Å²) in [6, 6.07) is 8.49. The summed E-state index contributed by atoms with van der Waals surface area (Å²) in [7, 11) is 3.16. The predicted molar refractivity (Wildman–Crippen MR) is 68.6 cm³/mol. The van der Waals surface area contributed by atoms with Gasteiger partial charge in [0.2, 0.25) is 0 Å². The number of methoxy groups -OCH3 is 1. The molecule has 0 aliphatic rings. The third-order valence-corrected chi connectivity index (χ3v) is 2.53. The molecule has 0 saturated carbocycles. The van der Waals surface area contributed by atoms with Gasteiger partial charge in [0.15, 0.2) is 0 Å². The SMILES string of the molecule is COc1ccc(Nc2cc(=O)[nH]c(=O)n2C)cc1. The molecule has 0 fully saturated rings. The lowest BCUT2D eigenvalue weighted by molar-refractivity contribution is 0.415. The molecule has 0 atom stereocenters. The number of hydrogen-bond acceptors (Lipinski definition) is 4. The molecule has 0 aliphatic carbocycles. The normalized spacial score (nSPS) is 10.1. The second kappa shape index (κ2) is 4.79. The first-order valence-electron chi connectivity index (χ1n) is 5.31. The molecule has 0 unspecified atom stereocenters. The molecular weight excluding hydrogens is 234 g/mol. The van der Waals surface area contributed by atoms with Crippen LogP contribution in [0.2, 0.25) is 0 Å². The van der Waals surface area contributed by atoms with E-state index in [-0.39, 0.29) is 0 Å². The number of H-pyrrole nitrogens is 1. The van der Waals surface area contributed by atoms with Crippen LogP contribution in [0.1, 0.15) is 0 Å². The Kier molecular flexibility index (Phi) is 3.18. The van der Waals surface area contributed by atoms with Gasteiger partial charge in [-0.05, 0) is 24.3 Å². The number of nitrogens with one attached hydrogen (secondary N) is 2. The molecule has 2 aromatic rings. The fourth-order valence-electron chi connectivity index (χ4n) is 1.50. The van der Waals surface area contributed by atoms with Crippen molar-refractivity contribution in [2.75, 3.05) is 12.4 Å². The number of aromatic nitrogens is 2. The maximum absolute atomic E-state index is 11.4. The van der Waals surface area contributed by atoms with Crippen molar-refractivity contribution in [2.45, 2.75) is 0 Å². The monoisotopic (exact) mass is 247 g/mol. The highest BCUT2D eigenvalue weighted by Gasteiger charge is 2.02. The van der Waals surface area contributed by atoms with E-state index in [9.17, 15) is 9.59 Å². The van der Waals surface area contributed by atoms with Crippen LogP contribution < -0.4 is 21.3 Å². The molecule has 0 aliphatic heterocycles. The summed E-state index contributed by atoms with van der Waals surface area (Å²) in [6.45, 7) is 0. The first kappa shape index (κ1) is 12.0. The molecule has 0 saturated heterocycles. The van der Waals surface area contributed by atoms with Gasteiger partial charge in [0.05, 0.1) is 7.11 Å². The summed E-state index contributed by atoms with van der Waals surface area (Å²) >= 11 is 0. The Morgan fingerprint density at radius 2 is 1.89 bits per heavy atom. The average molecular weight is 247 g/mol. The highest BCUT2D eigenvalue weighted by Crippen LogP contribution is 2.17. The largest absolute Gasteiger partial charge is 0.497 e. The molecule has 1 aromatic heterocycles. The molecule has 94 valence electrons. The Morgan fingerprint density at radius 1 is 1.22 bits per heavy atom. The Hall–Kier alpha value is -2.50. The first-order valence-corrected chi connectivity index (χ1v) is 5.31. The van der Waals surface area contributed by atoms with Crippen LogP contribution in [0.3, 0.4) is 0 Å². The molecular formula is C12H13N3O3. The first-order chi connectivity index (χ1) is 8.60. The third kappa shape index (κ3) is 2.42. The Labute approximate surface area is 103 Å². The minimum atomic E-state index is -0.460. The summed E-state index contributed by atoms with van der Waals surface area (Å²) in [5, 5.41) is 2.99. The molecule has 0 amide bonds. The van der Waals surface area contributed by atoms with E-state index in [1.165, 1.54) is 10.6 Å². The Bertz CT molecular complexity index is 656. The Morgan fingerprint density at radius 3 is 2.50 bits per heavy atom. The van der Waals surface area contributed by atoms with Gasteiger partial charge in [0.1, 0.15) is 11.6 Å². The number of ether oxygens (including phenoxy) is 1. The standard InChI is InChI=1S/C12H13N3O3/c1-15-10(7-11(16)14-12(15)17)13-8-3-5-9(18-2)6-4-8/h3-7,13H,1-2H3,(H,14,16,17).